The first-order chi connectivity index (χ1) is 11.8. The van der Waals surface area contributed by atoms with E-state index in [1.54, 1.807) is 0 Å². The first-order valence-electron chi connectivity index (χ1n) is 7.95. The highest BCUT2D eigenvalue weighted by Crippen LogP contribution is 2.21. The van der Waals surface area contributed by atoms with Crippen LogP contribution < -0.4 is 15.2 Å². The number of benzene rings is 2. The Morgan fingerprint density at radius 1 is 1.12 bits per heavy atom. The van der Waals surface area contributed by atoms with Crippen LogP contribution in [0, 0.1) is 0 Å². The molecular weight excluding hydrogens is 340 g/mol. The number of amides is 1. The summed E-state index contributed by atoms with van der Waals surface area (Å²) in [6, 6.07) is 13.3. The molecule has 0 unspecified atom stereocenters. The van der Waals surface area contributed by atoms with E-state index < -0.39 is 10.0 Å². The van der Waals surface area contributed by atoms with E-state index in [-0.39, 0.29) is 17.4 Å². The minimum Gasteiger partial charge on any atom is -0.484 e. The summed E-state index contributed by atoms with van der Waals surface area (Å²) in [7, 11) is -3.74. The number of carbonyl (C=O) groups excluding carboxylic acids is 1. The van der Waals surface area contributed by atoms with Gasteiger partial charge in [-0.05, 0) is 54.3 Å². The molecule has 0 spiro atoms. The van der Waals surface area contributed by atoms with E-state index in [1.165, 1.54) is 29.8 Å². The number of nitrogens with one attached hydrogen (secondary N) is 1. The van der Waals surface area contributed by atoms with Crippen LogP contribution in [-0.4, -0.2) is 20.9 Å². The van der Waals surface area contributed by atoms with Gasteiger partial charge in [0, 0.05) is 5.69 Å². The van der Waals surface area contributed by atoms with Crippen LogP contribution in [-0.2, 0) is 14.8 Å². The summed E-state index contributed by atoms with van der Waals surface area (Å²) in [4.78, 5) is 11.9. The van der Waals surface area contributed by atoms with Crippen molar-refractivity contribution in [2.24, 2.45) is 5.14 Å². The van der Waals surface area contributed by atoms with Gasteiger partial charge in [0.25, 0.3) is 5.91 Å². The third-order valence-electron chi connectivity index (χ3n) is 3.90. The molecule has 7 heteroatoms. The number of hydrogen-bond acceptors (Lipinski definition) is 4. The summed E-state index contributed by atoms with van der Waals surface area (Å²) in [5.74, 6) is 0.763. The van der Waals surface area contributed by atoms with Gasteiger partial charge in [-0.3, -0.25) is 4.79 Å². The van der Waals surface area contributed by atoms with Crippen LogP contribution in [0.3, 0.4) is 0 Å². The summed E-state index contributed by atoms with van der Waals surface area (Å²) < 4.78 is 27.8. The number of sulfonamides is 1. The molecule has 3 N–H and O–H groups in total. The fourth-order valence-electron chi connectivity index (χ4n) is 2.20. The number of carbonyl (C=O) groups is 1. The molecule has 0 heterocycles. The average molecular weight is 362 g/mol. The van der Waals surface area contributed by atoms with Crippen LogP contribution in [0.5, 0.6) is 5.75 Å². The zero-order valence-electron chi connectivity index (χ0n) is 14.2. The van der Waals surface area contributed by atoms with Crippen molar-refractivity contribution in [3.8, 4) is 5.75 Å². The topological polar surface area (TPSA) is 98.5 Å². The normalized spacial score (nSPS) is 12.4. The van der Waals surface area contributed by atoms with Crippen LogP contribution >= 0.6 is 0 Å². The van der Waals surface area contributed by atoms with Gasteiger partial charge >= 0.3 is 0 Å². The lowest BCUT2D eigenvalue weighted by molar-refractivity contribution is -0.118. The molecule has 1 atom stereocenters. The van der Waals surface area contributed by atoms with Gasteiger partial charge in [0.1, 0.15) is 5.75 Å². The average Bonchev–Trinajstić information content (AvgIpc) is 2.59. The Kier molecular flexibility index (Phi) is 6.17. The van der Waals surface area contributed by atoms with Crippen molar-refractivity contribution in [1.29, 1.82) is 0 Å². The molecule has 0 fully saturated rings. The Bertz CT molecular complexity index is 815. The molecule has 0 aliphatic heterocycles. The summed E-state index contributed by atoms with van der Waals surface area (Å²) in [6.07, 6.45) is 1.06. The smallest absolute Gasteiger partial charge is 0.262 e. The molecule has 0 radical (unpaired) electrons. The van der Waals surface area contributed by atoms with Gasteiger partial charge in [-0.25, -0.2) is 13.6 Å². The number of hydrogen-bond donors (Lipinski definition) is 2. The van der Waals surface area contributed by atoms with Crippen molar-refractivity contribution in [3.05, 3.63) is 54.1 Å². The Balaban J connectivity index is 1.88. The second kappa shape index (κ2) is 8.13. The highest BCUT2D eigenvalue weighted by molar-refractivity contribution is 7.89. The van der Waals surface area contributed by atoms with E-state index >= 15 is 0 Å². The molecule has 25 heavy (non-hydrogen) atoms. The minimum atomic E-state index is -3.74. The van der Waals surface area contributed by atoms with Crippen LogP contribution in [0.2, 0.25) is 0 Å². The highest BCUT2D eigenvalue weighted by Gasteiger charge is 2.09. The number of nitrogens with two attached hydrogens (primary N) is 1. The first-order valence-corrected chi connectivity index (χ1v) is 9.49. The molecule has 134 valence electrons. The zero-order chi connectivity index (χ0) is 18.4. The Morgan fingerprint density at radius 2 is 1.72 bits per heavy atom. The fourth-order valence-corrected chi connectivity index (χ4v) is 2.72. The fraction of sp³-hybridized carbons (Fsp3) is 0.278. The monoisotopic (exact) mass is 362 g/mol. The molecule has 2 aromatic rings. The van der Waals surface area contributed by atoms with Gasteiger partial charge in [0.2, 0.25) is 10.0 Å². The molecule has 0 aliphatic carbocycles. The summed E-state index contributed by atoms with van der Waals surface area (Å²) >= 11 is 0. The standard InChI is InChI=1S/C18H22N2O4S/c1-3-13(2)14-4-8-16(9-5-14)24-12-18(21)20-15-6-10-17(11-7-15)25(19,22)23/h4-11,13H,3,12H2,1-2H3,(H,20,21)(H2,19,22,23)/t13-/m1/s1. The van der Waals surface area contributed by atoms with Crippen molar-refractivity contribution in [3.63, 3.8) is 0 Å². The van der Waals surface area contributed by atoms with Crippen molar-refractivity contribution < 1.29 is 17.9 Å². The quantitative estimate of drug-likeness (QED) is 0.791. The van der Waals surface area contributed by atoms with E-state index in [9.17, 15) is 13.2 Å². The van der Waals surface area contributed by atoms with Crippen molar-refractivity contribution in [1.82, 2.24) is 0 Å². The van der Waals surface area contributed by atoms with Crippen LogP contribution in [0.4, 0.5) is 5.69 Å². The van der Waals surface area contributed by atoms with Gasteiger partial charge in [-0.2, -0.15) is 0 Å². The highest BCUT2D eigenvalue weighted by atomic mass is 32.2. The van der Waals surface area contributed by atoms with E-state index in [4.69, 9.17) is 9.88 Å². The van der Waals surface area contributed by atoms with Crippen LogP contribution in [0.25, 0.3) is 0 Å². The molecule has 2 aromatic carbocycles. The molecule has 0 saturated carbocycles. The number of anilines is 1. The Labute approximate surface area is 148 Å². The molecule has 1 amide bonds. The van der Waals surface area contributed by atoms with Gasteiger partial charge < -0.3 is 10.1 Å². The molecule has 0 aliphatic rings. The van der Waals surface area contributed by atoms with Gasteiger partial charge in [0.05, 0.1) is 4.90 Å². The maximum Gasteiger partial charge on any atom is 0.262 e. The predicted molar refractivity (Wildman–Crippen MR) is 97.1 cm³/mol. The van der Waals surface area contributed by atoms with E-state index in [1.807, 2.05) is 24.3 Å². The minimum absolute atomic E-state index is 0.0110. The van der Waals surface area contributed by atoms with Gasteiger partial charge in [-0.1, -0.05) is 26.0 Å². The summed E-state index contributed by atoms with van der Waals surface area (Å²) in [5, 5.41) is 7.65. The zero-order valence-corrected chi connectivity index (χ0v) is 15.0. The van der Waals surface area contributed by atoms with E-state index in [0.717, 1.165) is 6.42 Å². The van der Waals surface area contributed by atoms with Crippen molar-refractivity contribution >= 4 is 21.6 Å². The third-order valence-corrected chi connectivity index (χ3v) is 4.83. The Morgan fingerprint density at radius 3 is 2.24 bits per heavy atom. The maximum atomic E-state index is 11.9. The summed E-state index contributed by atoms with van der Waals surface area (Å²) in [5.41, 5.74) is 1.70. The SMILES string of the molecule is CC[C@@H](C)c1ccc(OCC(=O)Nc2ccc(S(N)(=O)=O)cc2)cc1. The lowest BCUT2D eigenvalue weighted by Gasteiger charge is -2.11. The van der Waals surface area contributed by atoms with Gasteiger partial charge in [-0.15, -0.1) is 0 Å². The second-order valence-electron chi connectivity index (χ2n) is 5.78. The lowest BCUT2D eigenvalue weighted by atomic mass is 9.99. The van der Waals surface area contributed by atoms with Crippen molar-refractivity contribution in [2.75, 3.05) is 11.9 Å². The number of primary sulfonamides is 1. The first kappa shape index (κ1) is 19.0. The van der Waals surface area contributed by atoms with Crippen molar-refractivity contribution in [2.45, 2.75) is 31.1 Å². The second-order valence-corrected chi connectivity index (χ2v) is 7.35. The van der Waals surface area contributed by atoms with Gasteiger partial charge in [0.15, 0.2) is 6.61 Å². The van der Waals surface area contributed by atoms with Crippen LogP contribution in [0.1, 0.15) is 31.7 Å². The van der Waals surface area contributed by atoms with E-state index in [2.05, 4.69) is 19.2 Å². The maximum absolute atomic E-state index is 11.9. The molecule has 0 aromatic heterocycles. The third kappa shape index (κ3) is 5.58. The molecule has 2 rings (SSSR count). The number of rotatable bonds is 7. The molecule has 6 nitrogen and oxygen atoms in total. The number of ether oxygens (including phenoxy) is 1. The van der Waals surface area contributed by atoms with Crippen LogP contribution in [0.15, 0.2) is 53.4 Å². The molecular formula is C18H22N2O4S. The van der Waals surface area contributed by atoms with E-state index in [0.29, 0.717) is 17.4 Å². The molecule has 0 bridgehead atoms. The molecule has 0 saturated heterocycles. The lowest BCUT2D eigenvalue weighted by Crippen LogP contribution is -2.20. The largest absolute Gasteiger partial charge is 0.484 e. The Hall–Kier alpha value is -2.38. The predicted octanol–water partition coefficient (Wildman–Crippen LogP) is 2.87. The summed E-state index contributed by atoms with van der Waals surface area (Å²) in [6.45, 7) is 4.15.